The first-order valence-electron chi connectivity index (χ1n) is 11.3. The number of piperidine rings is 1. The van der Waals surface area contributed by atoms with Crippen molar-refractivity contribution in [2.24, 2.45) is 0 Å². The number of β-amino-alcohol motifs (C(OH)–C–C–N with tert-alkyl or cyclic N) is 1. The summed E-state index contributed by atoms with van der Waals surface area (Å²) in [6.07, 6.45) is 1.41. The lowest BCUT2D eigenvalue weighted by atomic mass is 9.81. The van der Waals surface area contributed by atoms with Gasteiger partial charge in [0, 0.05) is 43.7 Å². The number of ether oxygens (including phenoxy) is 2. The van der Waals surface area contributed by atoms with Crippen molar-refractivity contribution in [3.05, 3.63) is 53.6 Å². The van der Waals surface area contributed by atoms with Crippen LogP contribution in [0.3, 0.4) is 0 Å². The van der Waals surface area contributed by atoms with Crippen LogP contribution in [0.2, 0.25) is 0 Å². The number of fused-ring (bicyclic) bond motifs is 1. The van der Waals surface area contributed by atoms with Gasteiger partial charge in [0.05, 0.1) is 19.3 Å². The van der Waals surface area contributed by atoms with Crippen molar-refractivity contribution in [2.45, 2.75) is 50.4 Å². The van der Waals surface area contributed by atoms with Gasteiger partial charge in [0.2, 0.25) is 5.91 Å². The molecule has 2 aromatic rings. The van der Waals surface area contributed by atoms with Crippen molar-refractivity contribution in [1.29, 1.82) is 0 Å². The van der Waals surface area contributed by atoms with Gasteiger partial charge >= 0.3 is 0 Å². The lowest BCUT2D eigenvalue weighted by Gasteiger charge is -2.46. The summed E-state index contributed by atoms with van der Waals surface area (Å²) >= 11 is 0. The Morgan fingerprint density at radius 2 is 1.97 bits per heavy atom. The maximum atomic E-state index is 11.5. The van der Waals surface area contributed by atoms with Gasteiger partial charge in [-0.05, 0) is 48.7 Å². The van der Waals surface area contributed by atoms with Crippen molar-refractivity contribution < 1.29 is 24.5 Å². The number of aliphatic hydroxyl groups excluding tert-OH is 2. The molecule has 2 atom stereocenters. The average Bonchev–Trinajstić information content (AvgIpc) is 2.81. The summed E-state index contributed by atoms with van der Waals surface area (Å²) in [6, 6.07) is 12.9. The average molecular weight is 441 g/mol. The molecule has 0 bridgehead atoms. The highest BCUT2D eigenvalue weighted by molar-refractivity contribution is 5.90. The monoisotopic (exact) mass is 440 g/mol. The Morgan fingerprint density at radius 3 is 2.62 bits per heavy atom. The molecule has 3 N–H and O–H groups in total. The number of anilines is 1. The minimum atomic E-state index is -0.606. The van der Waals surface area contributed by atoms with Crippen LogP contribution in [0.5, 0.6) is 11.5 Å². The predicted molar refractivity (Wildman–Crippen MR) is 122 cm³/mol. The zero-order chi connectivity index (χ0) is 22.7. The summed E-state index contributed by atoms with van der Waals surface area (Å²) < 4.78 is 11.6. The van der Waals surface area contributed by atoms with Crippen LogP contribution in [0.25, 0.3) is 0 Å². The van der Waals surface area contributed by atoms with E-state index >= 15 is 0 Å². The highest BCUT2D eigenvalue weighted by Crippen LogP contribution is 2.45. The van der Waals surface area contributed by atoms with Crippen LogP contribution >= 0.6 is 0 Å². The van der Waals surface area contributed by atoms with Crippen molar-refractivity contribution in [1.82, 2.24) is 4.90 Å². The SMILES string of the molecule is CCC(=O)Nc1ccc([C@H](O)CN2CCC3(CC2)C[C@@H](O)c2cc(OC)ccc2O3)cc1. The number of rotatable bonds is 6. The number of amides is 1. The zero-order valence-electron chi connectivity index (χ0n) is 18.7. The molecular weight excluding hydrogens is 408 g/mol. The Hall–Kier alpha value is -2.61. The summed E-state index contributed by atoms with van der Waals surface area (Å²) in [5.74, 6) is 1.41. The van der Waals surface area contributed by atoms with Gasteiger partial charge in [0.25, 0.3) is 0 Å². The third kappa shape index (κ3) is 4.90. The number of carbonyl (C=O) groups excluding carboxylic acids is 1. The quantitative estimate of drug-likeness (QED) is 0.638. The minimum Gasteiger partial charge on any atom is -0.497 e. The van der Waals surface area contributed by atoms with Gasteiger partial charge in [0.15, 0.2) is 0 Å². The molecule has 0 saturated carbocycles. The molecule has 0 radical (unpaired) electrons. The van der Waals surface area contributed by atoms with Crippen LogP contribution in [-0.4, -0.2) is 53.4 Å². The van der Waals surface area contributed by atoms with Crippen molar-refractivity contribution >= 4 is 11.6 Å². The lowest BCUT2D eigenvalue weighted by Crippen LogP contribution is -2.51. The molecule has 2 aliphatic heterocycles. The number of hydrogen-bond donors (Lipinski definition) is 3. The van der Waals surface area contributed by atoms with E-state index in [4.69, 9.17) is 9.47 Å². The van der Waals surface area contributed by atoms with E-state index in [-0.39, 0.29) is 11.5 Å². The van der Waals surface area contributed by atoms with E-state index in [0.717, 1.165) is 48.5 Å². The first-order valence-corrected chi connectivity index (χ1v) is 11.3. The highest BCUT2D eigenvalue weighted by atomic mass is 16.5. The Kier molecular flexibility index (Phi) is 6.69. The molecule has 0 aliphatic carbocycles. The third-order valence-electron chi connectivity index (χ3n) is 6.57. The molecule has 2 aliphatic rings. The number of aliphatic hydroxyl groups is 2. The second-order valence-electron chi connectivity index (χ2n) is 8.75. The summed E-state index contributed by atoms with van der Waals surface area (Å²) in [5.41, 5.74) is 1.97. The number of nitrogens with zero attached hydrogens (tertiary/aromatic N) is 1. The largest absolute Gasteiger partial charge is 0.497 e. The number of hydrogen-bond acceptors (Lipinski definition) is 6. The molecule has 1 spiro atoms. The maximum Gasteiger partial charge on any atom is 0.224 e. The Bertz CT molecular complexity index is 938. The third-order valence-corrected chi connectivity index (χ3v) is 6.57. The van der Waals surface area contributed by atoms with E-state index in [1.54, 1.807) is 7.11 Å². The second kappa shape index (κ2) is 9.48. The number of carbonyl (C=O) groups is 1. The van der Waals surface area contributed by atoms with E-state index in [2.05, 4.69) is 10.2 Å². The normalized spacial score (nSPS) is 20.8. The van der Waals surface area contributed by atoms with E-state index in [1.165, 1.54) is 0 Å². The predicted octanol–water partition coefficient (Wildman–Crippen LogP) is 3.43. The molecule has 0 unspecified atom stereocenters. The highest BCUT2D eigenvalue weighted by Gasteiger charge is 2.43. The molecule has 4 rings (SSSR count). The van der Waals surface area contributed by atoms with Gasteiger partial charge in [-0.25, -0.2) is 0 Å². The summed E-state index contributed by atoms with van der Waals surface area (Å²) in [5, 5.41) is 24.3. The maximum absolute atomic E-state index is 11.5. The fraction of sp³-hybridized carbons (Fsp3) is 0.480. The van der Waals surface area contributed by atoms with Gasteiger partial charge in [-0.1, -0.05) is 19.1 Å². The van der Waals surface area contributed by atoms with Crippen LogP contribution in [0.15, 0.2) is 42.5 Å². The smallest absolute Gasteiger partial charge is 0.224 e. The number of benzene rings is 2. The van der Waals surface area contributed by atoms with Gasteiger partial charge < -0.3 is 29.9 Å². The van der Waals surface area contributed by atoms with Crippen LogP contribution in [-0.2, 0) is 4.79 Å². The fourth-order valence-corrected chi connectivity index (χ4v) is 4.58. The lowest BCUT2D eigenvalue weighted by molar-refractivity contribution is -0.115. The Morgan fingerprint density at radius 1 is 1.25 bits per heavy atom. The van der Waals surface area contributed by atoms with Crippen molar-refractivity contribution in [3.8, 4) is 11.5 Å². The first kappa shape index (κ1) is 22.6. The van der Waals surface area contributed by atoms with Gasteiger partial charge in [-0.2, -0.15) is 0 Å². The zero-order valence-corrected chi connectivity index (χ0v) is 18.7. The molecule has 2 aromatic carbocycles. The summed E-state index contributed by atoms with van der Waals surface area (Å²) in [6.45, 7) is 3.93. The molecule has 172 valence electrons. The minimum absolute atomic E-state index is 0.0302. The summed E-state index contributed by atoms with van der Waals surface area (Å²) in [7, 11) is 1.61. The molecular formula is C25H32N2O5. The Labute approximate surface area is 189 Å². The van der Waals surface area contributed by atoms with Gasteiger partial charge in [0.1, 0.15) is 17.1 Å². The van der Waals surface area contributed by atoms with Crippen molar-refractivity contribution in [2.75, 3.05) is 32.1 Å². The molecule has 1 amide bonds. The molecule has 0 aromatic heterocycles. The molecule has 32 heavy (non-hydrogen) atoms. The molecule has 1 saturated heterocycles. The number of likely N-dealkylation sites (tertiary alicyclic amines) is 1. The summed E-state index contributed by atoms with van der Waals surface area (Å²) in [4.78, 5) is 13.7. The molecule has 2 heterocycles. The number of nitrogens with one attached hydrogen (secondary N) is 1. The molecule has 7 nitrogen and oxygen atoms in total. The van der Waals surface area contributed by atoms with Crippen LogP contribution < -0.4 is 14.8 Å². The van der Waals surface area contributed by atoms with Gasteiger partial charge in [-0.15, -0.1) is 0 Å². The van der Waals surface area contributed by atoms with E-state index in [0.29, 0.717) is 25.1 Å². The first-order chi connectivity index (χ1) is 15.4. The van der Waals surface area contributed by atoms with Crippen LogP contribution in [0.1, 0.15) is 55.9 Å². The van der Waals surface area contributed by atoms with Crippen LogP contribution in [0.4, 0.5) is 5.69 Å². The van der Waals surface area contributed by atoms with E-state index in [1.807, 2.05) is 49.4 Å². The van der Waals surface area contributed by atoms with Gasteiger partial charge in [-0.3, -0.25) is 4.79 Å². The van der Waals surface area contributed by atoms with E-state index in [9.17, 15) is 15.0 Å². The fourth-order valence-electron chi connectivity index (χ4n) is 4.58. The molecule has 1 fully saturated rings. The Balaban J connectivity index is 1.33. The topological polar surface area (TPSA) is 91.3 Å². The van der Waals surface area contributed by atoms with Crippen molar-refractivity contribution in [3.63, 3.8) is 0 Å². The standard InChI is InChI=1S/C25H32N2O5/c1-3-24(30)26-18-6-4-17(5-7-18)22(29)16-27-12-10-25(11-13-27)15-21(28)20-14-19(31-2)8-9-23(20)32-25/h4-9,14,21-22,28-29H,3,10-13,15-16H2,1-2H3,(H,26,30)/t21-,22-/m1/s1. The molecule has 7 heteroatoms. The number of methoxy groups -OCH3 is 1. The second-order valence-corrected chi connectivity index (χ2v) is 8.75. The van der Waals surface area contributed by atoms with Crippen LogP contribution in [0, 0.1) is 0 Å². The van der Waals surface area contributed by atoms with E-state index < -0.39 is 12.2 Å².